The highest BCUT2D eigenvalue weighted by Crippen LogP contribution is 2.09. The van der Waals surface area contributed by atoms with Crippen molar-refractivity contribution >= 4 is 11.7 Å². The van der Waals surface area contributed by atoms with Gasteiger partial charge in [0.1, 0.15) is 5.82 Å². The number of amides is 1. The summed E-state index contributed by atoms with van der Waals surface area (Å²) in [5, 5.41) is 14.4. The third kappa shape index (κ3) is 5.03. The Morgan fingerprint density at radius 1 is 1.38 bits per heavy atom. The Balaban J connectivity index is 2.64. The summed E-state index contributed by atoms with van der Waals surface area (Å²) in [5.74, 6) is -0.644. The van der Waals surface area contributed by atoms with Gasteiger partial charge in [-0.2, -0.15) is 0 Å². The molecule has 0 atom stereocenters. The first-order chi connectivity index (χ1) is 10.0. The topological polar surface area (TPSA) is 91.0 Å². The van der Waals surface area contributed by atoms with Gasteiger partial charge >= 0.3 is 0 Å². The van der Waals surface area contributed by atoms with Crippen LogP contribution in [0.25, 0.3) is 0 Å². The van der Waals surface area contributed by atoms with Gasteiger partial charge in [-0.25, -0.2) is 4.39 Å². The molecule has 7 heteroatoms. The van der Waals surface area contributed by atoms with Crippen molar-refractivity contribution in [3.8, 4) is 0 Å². The van der Waals surface area contributed by atoms with Gasteiger partial charge in [-0.3, -0.25) is 4.79 Å². The first kappa shape index (κ1) is 16.9. The summed E-state index contributed by atoms with van der Waals surface area (Å²) in [6.07, 6.45) is 0. The van der Waals surface area contributed by atoms with E-state index >= 15 is 0 Å². The second-order valence-electron chi connectivity index (χ2n) is 4.50. The monoisotopic (exact) mass is 296 g/mol. The molecule has 4 N–H and O–H groups in total. The van der Waals surface area contributed by atoms with Crippen molar-refractivity contribution in [1.82, 2.24) is 10.2 Å². The molecule has 0 radical (unpaired) electrons. The van der Waals surface area contributed by atoms with Crippen LogP contribution < -0.4 is 11.1 Å². The van der Waals surface area contributed by atoms with E-state index in [4.69, 9.17) is 10.9 Å². The number of benzene rings is 1. The van der Waals surface area contributed by atoms with Crippen LogP contribution in [-0.2, 0) is 11.3 Å². The quantitative estimate of drug-likeness (QED) is 0.301. The molecule has 1 aromatic rings. The summed E-state index contributed by atoms with van der Waals surface area (Å²) in [4.78, 5) is 13.5. The Kier molecular flexibility index (Phi) is 6.61. The van der Waals surface area contributed by atoms with Gasteiger partial charge in [-0.15, -0.1) is 0 Å². The fourth-order valence-electron chi connectivity index (χ4n) is 1.96. The largest absolute Gasteiger partial charge is 0.409 e. The number of nitrogens with two attached hydrogens (primary N) is 1. The highest BCUT2D eigenvalue weighted by Gasteiger charge is 2.09. The number of hydrogen-bond donors (Lipinski definition) is 3. The van der Waals surface area contributed by atoms with Crippen molar-refractivity contribution in [2.24, 2.45) is 10.9 Å². The van der Waals surface area contributed by atoms with Crippen LogP contribution in [0.3, 0.4) is 0 Å². The molecule has 1 rings (SSSR count). The lowest BCUT2D eigenvalue weighted by Crippen LogP contribution is -2.37. The Labute approximate surface area is 123 Å². The fraction of sp³-hybridized carbons (Fsp3) is 0.429. The lowest BCUT2D eigenvalue weighted by atomic mass is 10.1. The van der Waals surface area contributed by atoms with Crippen LogP contribution >= 0.6 is 0 Å². The molecule has 0 saturated carbocycles. The highest BCUT2D eigenvalue weighted by atomic mass is 19.1. The number of oxime groups is 1. The molecule has 0 spiro atoms. The molecule has 0 saturated heterocycles. The number of halogens is 1. The molecule has 21 heavy (non-hydrogen) atoms. The predicted molar refractivity (Wildman–Crippen MR) is 78.5 cm³/mol. The molecule has 0 aromatic heterocycles. The molecule has 0 bridgehead atoms. The van der Waals surface area contributed by atoms with Crippen LogP contribution in [0.5, 0.6) is 0 Å². The van der Waals surface area contributed by atoms with E-state index in [0.717, 1.165) is 0 Å². The van der Waals surface area contributed by atoms with Crippen LogP contribution in [0, 0.1) is 5.82 Å². The minimum atomic E-state index is -0.481. The third-order valence-electron chi connectivity index (χ3n) is 3.08. The minimum absolute atomic E-state index is 0.00642. The molecule has 0 aliphatic heterocycles. The molecule has 1 aromatic carbocycles. The maximum atomic E-state index is 13.5. The number of carbonyl (C=O) groups is 1. The Hall–Kier alpha value is -2.15. The van der Waals surface area contributed by atoms with Crippen LogP contribution in [0.4, 0.5) is 4.39 Å². The van der Waals surface area contributed by atoms with E-state index in [0.29, 0.717) is 30.8 Å². The van der Waals surface area contributed by atoms with Gasteiger partial charge < -0.3 is 21.2 Å². The molecule has 0 aliphatic carbocycles. The zero-order valence-corrected chi connectivity index (χ0v) is 12.3. The van der Waals surface area contributed by atoms with Gasteiger partial charge in [0.2, 0.25) is 5.91 Å². The van der Waals surface area contributed by atoms with Gasteiger partial charge in [0.15, 0.2) is 5.84 Å². The number of nitrogens with zero attached hydrogens (tertiary/aromatic N) is 2. The molecular formula is C14H21FN4O2. The number of amidine groups is 1. The van der Waals surface area contributed by atoms with Gasteiger partial charge in [0, 0.05) is 25.2 Å². The van der Waals surface area contributed by atoms with E-state index < -0.39 is 5.82 Å². The van der Waals surface area contributed by atoms with Gasteiger partial charge in [-0.05, 0) is 37.6 Å². The second kappa shape index (κ2) is 8.21. The average Bonchev–Trinajstić information content (AvgIpc) is 2.47. The molecule has 0 fully saturated rings. The summed E-state index contributed by atoms with van der Waals surface area (Å²) >= 11 is 0. The smallest absolute Gasteiger partial charge is 0.236 e. The number of likely N-dealkylation sites (N-methyl/N-ethyl adjacent to an activating group) is 1. The Bertz CT molecular complexity index is 516. The van der Waals surface area contributed by atoms with Crippen LogP contribution in [0.15, 0.2) is 23.4 Å². The van der Waals surface area contributed by atoms with E-state index in [1.165, 1.54) is 12.1 Å². The first-order valence-corrected chi connectivity index (χ1v) is 6.77. The van der Waals surface area contributed by atoms with Gasteiger partial charge in [-0.1, -0.05) is 5.16 Å². The SMILES string of the molecule is CCN(CC)C(=O)CNCc1cc(F)cc(/C(N)=N/O)c1. The second-order valence-corrected chi connectivity index (χ2v) is 4.50. The first-order valence-electron chi connectivity index (χ1n) is 6.77. The molecule has 0 heterocycles. The molecule has 0 aliphatic rings. The highest BCUT2D eigenvalue weighted by molar-refractivity contribution is 5.97. The maximum absolute atomic E-state index is 13.5. The van der Waals surface area contributed by atoms with Crippen LogP contribution in [-0.4, -0.2) is 41.5 Å². The van der Waals surface area contributed by atoms with Crippen LogP contribution in [0.1, 0.15) is 25.0 Å². The van der Waals surface area contributed by atoms with E-state index in [1.54, 1.807) is 11.0 Å². The van der Waals surface area contributed by atoms with E-state index in [9.17, 15) is 9.18 Å². The molecule has 1 amide bonds. The van der Waals surface area contributed by atoms with Crippen molar-refractivity contribution in [3.63, 3.8) is 0 Å². The van der Waals surface area contributed by atoms with E-state index in [2.05, 4.69) is 10.5 Å². The van der Waals surface area contributed by atoms with Crippen LogP contribution in [0.2, 0.25) is 0 Å². The summed E-state index contributed by atoms with van der Waals surface area (Å²) in [6, 6.07) is 4.12. The number of nitrogens with one attached hydrogen (secondary N) is 1. The summed E-state index contributed by atoms with van der Waals surface area (Å²) in [5.41, 5.74) is 6.35. The lowest BCUT2D eigenvalue weighted by Gasteiger charge is -2.18. The van der Waals surface area contributed by atoms with Crippen molar-refractivity contribution < 1.29 is 14.4 Å². The van der Waals surface area contributed by atoms with E-state index in [1.807, 2.05) is 13.8 Å². The maximum Gasteiger partial charge on any atom is 0.236 e. The van der Waals surface area contributed by atoms with E-state index in [-0.39, 0.29) is 18.3 Å². The number of hydrogen-bond acceptors (Lipinski definition) is 4. The normalized spacial score (nSPS) is 11.5. The third-order valence-corrected chi connectivity index (χ3v) is 3.08. The zero-order valence-electron chi connectivity index (χ0n) is 12.3. The summed E-state index contributed by atoms with van der Waals surface area (Å²) in [6.45, 7) is 5.64. The van der Waals surface area contributed by atoms with Crippen molar-refractivity contribution in [2.75, 3.05) is 19.6 Å². The average molecular weight is 296 g/mol. The minimum Gasteiger partial charge on any atom is -0.409 e. The number of rotatable bonds is 7. The summed E-state index contributed by atoms with van der Waals surface area (Å²) < 4.78 is 13.5. The zero-order chi connectivity index (χ0) is 15.8. The molecular weight excluding hydrogens is 275 g/mol. The van der Waals surface area contributed by atoms with Gasteiger partial charge in [0.25, 0.3) is 0 Å². The van der Waals surface area contributed by atoms with Crippen molar-refractivity contribution in [1.29, 1.82) is 0 Å². The molecule has 6 nitrogen and oxygen atoms in total. The standard InChI is InChI=1S/C14H21FN4O2/c1-3-19(4-2)13(20)9-17-8-10-5-11(14(16)18-21)7-12(15)6-10/h5-7,17,21H,3-4,8-9H2,1-2H3,(H2,16,18). The predicted octanol–water partition coefficient (Wildman–Crippen LogP) is 0.878. The fourth-order valence-corrected chi connectivity index (χ4v) is 1.96. The van der Waals surface area contributed by atoms with Crippen molar-refractivity contribution in [3.05, 3.63) is 35.1 Å². The van der Waals surface area contributed by atoms with Crippen molar-refractivity contribution in [2.45, 2.75) is 20.4 Å². The number of carbonyl (C=O) groups excluding carboxylic acids is 1. The van der Waals surface area contributed by atoms with Gasteiger partial charge in [0.05, 0.1) is 6.54 Å². The Morgan fingerprint density at radius 3 is 2.62 bits per heavy atom. The Morgan fingerprint density at radius 2 is 2.05 bits per heavy atom. The molecule has 116 valence electrons. The molecule has 0 unspecified atom stereocenters. The lowest BCUT2D eigenvalue weighted by molar-refractivity contribution is -0.129. The summed E-state index contributed by atoms with van der Waals surface area (Å²) in [7, 11) is 0.